The van der Waals surface area contributed by atoms with Crippen LogP contribution in [-0.2, 0) is 13.0 Å². The van der Waals surface area contributed by atoms with Crippen molar-refractivity contribution in [3.63, 3.8) is 0 Å². The molecule has 0 atom stereocenters. The minimum atomic E-state index is 0.615. The molecule has 0 radical (unpaired) electrons. The Balaban J connectivity index is 2.93. The van der Waals surface area contributed by atoms with Gasteiger partial charge in [-0.3, -0.25) is 0 Å². The summed E-state index contributed by atoms with van der Waals surface area (Å²) in [4.78, 5) is 8.53. The van der Waals surface area contributed by atoms with Crippen molar-refractivity contribution >= 4 is 16.5 Å². The van der Waals surface area contributed by atoms with E-state index in [1.165, 1.54) is 10.6 Å². The van der Waals surface area contributed by atoms with Gasteiger partial charge in [0.2, 0.25) is 0 Å². The van der Waals surface area contributed by atoms with Crippen LogP contribution in [0.2, 0.25) is 0 Å². The monoisotopic (exact) mass is 283 g/mol. The second kappa shape index (κ2) is 7.85. The number of nitrogens with two attached hydrogens (primary N) is 1. The van der Waals surface area contributed by atoms with Gasteiger partial charge in [-0.2, -0.15) is 0 Å². The van der Waals surface area contributed by atoms with Gasteiger partial charge in [0.05, 0.1) is 5.69 Å². The lowest BCUT2D eigenvalue weighted by molar-refractivity contribution is 0.551. The van der Waals surface area contributed by atoms with Gasteiger partial charge in [-0.25, -0.2) is 4.98 Å². The molecule has 0 aromatic carbocycles. The third-order valence-electron chi connectivity index (χ3n) is 2.88. The zero-order valence-corrected chi connectivity index (χ0v) is 13.9. The SMILES string of the molecule is CCCc1nc(N(CC(C)C)CC(C)C)sc1CN. The average molecular weight is 283 g/mol. The van der Waals surface area contributed by atoms with E-state index in [0.717, 1.165) is 31.1 Å². The van der Waals surface area contributed by atoms with Crippen LogP contribution in [0.4, 0.5) is 5.13 Å². The van der Waals surface area contributed by atoms with Gasteiger partial charge >= 0.3 is 0 Å². The summed E-state index contributed by atoms with van der Waals surface area (Å²) in [6, 6.07) is 0. The van der Waals surface area contributed by atoms with E-state index in [9.17, 15) is 0 Å². The first-order valence-corrected chi connectivity index (χ1v) is 8.23. The zero-order valence-electron chi connectivity index (χ0n) is 13.1. The highest BCUT2D eigenvalue weighted by atomic mass is 32.1. The molecule has 0 amide bonds. The molecule has 19 heavy (non-hydrogen) atoms. The fourth-order valence-corrected chi connectivity index (χ4v) is 3.21. The number of hydrogen-bond acceptors (Lipinski definition) is 4. The Hall–Kier alpha value is -0.610. The topological polar surface area (TPSA) is 42.2 Å². The molecule has 1 aromatic rings. The van der Waals surface area contributed by atoms with E-state index in [2.05, 4.69) is 39.5 Å². The molecule has 0 aliphatic heterocycles. The van der Waals surface area contributed by atoms with Crippen LogP contribution in [0, 0.1) is 11.8 Å². The molecule has 4 heteroatoms. The molecular weight excluding hydrogens is 254 g/mol. The van der Waals surface area contributed by atoms with E-state index in [1.54, 1.807) is 11.3 Å². The molecule has 0 aliphatic rings. The predicted octanol–water partition coefficient (Wildman–Crippen LogP) is 3.67. The summed E-state index contributed by atoms with van der Waals surface area (Å²) < 4.78 is 0. The molecule has 110 valence electrons. The first kappa shape index (κ1) is 16.4. The van der Waals surface area contributed by atoms with E-state index >= 15 is 0 Å². The lowest BCUT2D eigenvalue weighted by Crippen LogP contribution is -2.31. The summed E-state index contributed by atoms with van der Waals surface area (Å²) >= 11 is 1.78. The zero-order chi connectivity index (χ0) is 14.4. The third kappa shape index (κ3) is 5.11. The molecule has 0 unspecified atom stereocenters. The van der Waals surface area contributed by atoms with Gasteiger partial charge < -0.3 is 10.6 Å². The van der Waals surface area contributed by atoms with Gasteiger partial charge in [-0.1, -0.05) is 41.0 Å². The van der Waals surface area contributed by atoms with Gasteiger partial charge in [0.25, 0.3) is 0 Å². The number of nitrogens with zero attached hydrogens (tertiary/aromatic N) is 2. The van der Waals surface area contributed by atoms with Gasteiger partial charge in [-0.05, 0) is 18.3 Å². The molecule has 0 saturated carbocycles. The van der Waals surface area contributed by atoms with Crippen molar-refractivity contribution in [3.05, 3.63) is 10.6 Å². The van der Waals surface area contributed by atoms with Crippen molar-refractivity contribution in [2.75, 3.05) is 18.0 Å². The minimum absolute atomic E-state index is 0.615. The summed E-state index contributed by atoms with van der Waals surface area (Å²) in [6.07, 6.45) is 2.17. The van der Waals surface area contributed by atoms with Gasteiger partial charge in [0.15, 0.2) is 5.13 Å². The van der Waals surface area contributed by atoms with Crippen molar-refractivity contribution < 1.29 is 0 Å². The summed E-state index contributed by atoms with van der Waals surface area (Å²) in [5, 5.41) is 1.16. The van der Waals surface area contributed by atoms with Gasteiger partial charge in [-0.15, -0.1) is 11.3 Å². The molecule has 1 heterocycles. The Morgan fingerprint density at radius 3 is 2.16 bits per heavy atom. The van der Waals surface area contributed by atoms with E-state index in [4.69, 9.17) is 10.7 Å². The highest BCUT2D eigenvalue weighted by molar-refractivity contribution is 7.15. The maximum atomic E-state index is 5.85. The third-order valence-corrected chi connectivity index (χ3v) is 4.06. The van der Waals surface area contributed by atoms with Gasteiger partial charge in [0.1, 0.15) is 0 Å². The van der Waals surface area contributed by atoms with Crippen LogP contribution in [0.3, 0.4) is 0 Å². The van der Waals surface area contributed by atoms with Crippen LogP contribution < -0.4 is 10.6 Å². The Morgan fingerprint density at radius 2 is 1.74 bits per heavy atom. The first-order valence-electron chi connectivity index (χ1n) is 7.41. The van der Waals surface area contributed by atoms with Crippen LogP contribution in [-0.4, -0.2) is 18.1 Å². The highest BCUT2D eigenvalue weighted by Crippen LogP contribution is 2.28. The van der Waals surface area contributed by atoms with E-state index in [-0.39, 0.29) is 0 Å². The van der Waals surface area contributed by atoms with Crippen molar-refractivity contribution in [1.82, 2.24) is 4.98 Å². The molecule has 1 rings (SSSR count). The van der Waals surface area contributed by atoms with E-state index in [1.807, 2.05) is 0 Å². The molecule has 0 fully saturated rings. The summed E-state index contributed by atoms with van der Waals surface area (Å²) in [6.45, 7) is 14.0. The maximum Gasteiger partial charge on any atom is 0.185 e. The molecule has 2 N–H and O–H groups in total. The lowest BCUT2D eigenvalue weighted by Gasteiger charge is -2.25. The van der Waals surface area contributed by atoms with Crippen molar-refractivity contribution in [2.24, 2.45) is 17.6 Å². The molecular formula is C15H29N3S. The van der Waals surface area contributed by atoms with Gasteiger partial charge in [0, 0.05) is 24.5 Å². The quantitative estimate of drug-likeness (QED) is 0.791. The number of anilines is 1. The second-order valence-corrected chi connectivity index (χ2v) is 7.08. The van der Waals surface area contributed by atoms with Crippen molar-refractivity contribution in [3.8, 4) is 0 Å². The summed E-state index contributed by atoms with van der Waals surface area (Å²) in [5.74, 6) is 1.30. The highest BCUT2D eigenvalue weighted by Gasteiger charge is 2.17. The number of aryl methyl sites for hydroxylation is 1. The largest absolute Gasteiger partial charge is 0.348 e. The van der Waals surface area contributed by atoms with Crippen molar-refractivity contribution in [2.45, 2.75) is 54.0 Å². The smallest absolute Gasteiger partial charge is 0.185 e. The molecule has 0 aliphatic carbocycles. The molecule has 0 bridgehead atoms. The molecule has 3 nitrogen and oxygen atoms in total. The number of aromatic nitrogens is 1. The Labute approximate surface area is 122 Å². The predicted molar refractivity (Wildman–Crippen MR) is 85.9 cm³/mol. The van der Waals surface area contributed by atoms with Crippen LogP contribution >= 0.6 is 11.3 Å². The van der Waals surface area contributed by atoms with Crippen LogP contribution in [0.15, 0.2) is 0 Å². The molecule has 1 aromatic heterocycles. The van der Waals surface area contributed by atoms with Crippen LogP contribution in [0.5, 0.6) is 0 Å². The summed E-state index contributed by atoms with van der Waals surface area (Å²) in [7, 11) is 0. The molecule has 0 saturated heterocycles. The fraction of sp³-hybridized carbons (Fsp3) is 0.800. The van der Waals surface area contributed by atoms with E-state index in [0.29, 0.717) is 18.4 Å². The van der Waals surface area contributed by atoms with Crippen LogP contribution in [0.1, 0.15) is 51.6 Å². The summed E-state index contributed by atoms with van der Waals surface area (Å²) in [5.41, 5.74) is 7.06. The molecule has 0 spiro atoms. The van der Waals surface area contributed by atoms with Crippen molar-refractivity contribution in [1.29, 1.82) is 0 Å². The second-order valence-electron chi connectivity index (χ2n) is 6.01. The minimum Gasteiger partial charge on any atom is -0.348 e. The first-order chi connectivity index (χ1) is 8.97. The van der Waals surface area contributed by atoms with E-state index < -0.39 is 0 Å². The Morgan fingerprint density at radius 1 is 1.16 bits per heavy atom. The average Bonchev–Trinajstić information content (AvgIpc) is 2.70. The lowest BCUT2D eigenvalue weighted by atomic mass is 10.1. The maximum absolute atomic E-state index is 5.85. The number of thiazole rings is 1. The Bertz CT molecular complexity index is 361. The number of hydrogen-bond donors (Lipinski definition) is 1. The fourth-order valence-electron chi connectivity index (χ4n) is 2.21. The number of rotatable bonds is 8. The van der Waals surface area contributed by atoms with Crippen LogP contribution in [0.25, 0.3) is 0 Å². The normalized spacial score (nSPS) is 11.6. The Kier molecular flexibility index (Phi) is 6.80. The standard InChI is InChI=1S/C15H29N3S/c1-6-7-13-14(8-16)19-15(17-13)18(9-11(2)3)10-12(4)5/h11-12H,6-10,16H2,1-5H3.